The van der Waals surface area contributed by atoms with Crippen LogP contribution in [0.2, 0.25) is 0 Å². The van der Waals surface area contributed by atoms with E-state index in [4.69, 9.17) is 5.73 Å². The number of likely N-dealkylation sites (tertiary alicyclic amines) is 1. The normalized spacial score (nSPS) is 46.4. The first-order chi connectivity index (χ1) is 17.7. The van der Waals surface area contributed by atoms with Gasteiger partial charge in [0, 0.05) is 60.7 Å². The van der Waals surface area contributed by atoms with Crippen LogP contribution in [0.4, 0.5) is 0 Å². The van der Waals surface area contributed by atoms with Gasteiger partial charge in [0.1, 0.15) is 0 Å². The van der Waals surface area contributed by atoms with Gasteiger partial charge >= 0.3 is 0 Å². The summed E-state index contributed by atoms with van der Waals surface area (Å²) >= 11 is 0. The van der Waals surface area contributed by atoms with Crippen molar-refractivity contribution in [3.05, 3.63) is 23.3 Å². The molecule has 8 atom stereocenters. The Morgan fingerprint density at radius 3 is 2.81 bits per heavy atom. The number of piperidine rings is 1. The lowest BCUT2D eigenvalue weighted by atomic mass is 9.35. The van der Waals surface area contributed by atoms with E-state index in [0.717, 1.165) is 49.1 Å². The van der Waals surface area contributed by atoms with Gasteiger partial charge in [-0.05, 0) is 43.9 Å². The predicted molar refractivity (Wildman–Crippen MR) is 134 cm³/mol. The molecule has 6 rings (SSSR count). The monoisotopic (exact) mass is 512 g/mol. The van der Waals surface area contributed by atoms with Crippen molar-refractivity contribution >= 4 is 17.7 Å². The van der Waals surface area contributed by atoms with Gasteiger partial charge in [-0.15, -0.1) is 0 Å². The molecule has 9 heteroatoms. The molecule has 0 radical (unpaired) electrons. The van der Waals surface area contributed by atoms with Gasteiger partial charge in [0.15, 0.2) is 11.4 Å². The average molecular weight is 513 g/mol. The van der Waals surface area contributed by atoms with Crippen LogP contribution in [-0.4, -0.2) is 73.4 Å². The molecular formula is C28H40N4O5. The minimum atomic E-state index is -2.06. The van der Waals surface area contributed by atoms with E-state index in [-0.39, 0.29) is 41.6 Å². The van der Waals surface area contributed by atoms with Crippen molar-refractivity contribution in [2.24, 2.45) is 44.7 Å². The number of quaternary nitrogens is 1. The van der Waals surface area contributed by atoms with Crippen LogP contribution in [0.3, 0.4) is 0 Å². The number of carbonyl (C=O) groups excluding carboxylic acids is 2. The van der Waals surface area contributed by atoms with Crippen LogP contribution in [-0.2, 0) is 9.59 Å². The number of hydrogen-bond donors (Lipinski definition) is 5. The molecule has 6 N–H and O–H groups in total. The van der Waals surface area contributed by atoms with Crippen molar-refractivity contribution in [2.45, 2.75) is 57.0 Å². The molecule has 9 nitrogen and oxygen atoms in total. The van der Waals surface area contributed by atoms with Gasteiger partial charge in [-0.2, -0.15) is 0 Å². The van der Waals surface area contributed by atoms with Crippen LogP contribution < -0.4 is 21.1 Å². The van der Waals surface area contributed by atoms with Crippen molar-refractivity contribution < 1.29 is 29.8 Å². The number of nitrogens with one attached hydrogen (secondary N) is 2. The summed E-state index contributed by atoms with van der Waals surface area (Å²) in [6, 6.07) is 0. The van der Waals surface area contributed by atoms with Crippen LogP contribution in [0.5, 0.6) is 0 Å². The fourth-order valence-corrected chi connectivity index (χ4v) is 10.5. The number of aliphatic imine (C=N–C) groups is 1. The molecule has 4 fully saturated rings. The van der Waals surface area contributed by atoms with E-state index >= 15 is 0 Å². The molecule has 6 aliphatic rings. The molecular weight excluding hydrogens is 472 g/mol. The minimum absolute atomic E-state index is 0.0354. The first kappa shape index (κ1) is 25.2. The zero-order valence-electron chi connectivity index (χ0n) is 21.7. The number of aliphatic hydroxyl groups excluding tert-OH is 1. The van der Waals surface area contributed by atoms with E-state index in [1.807, 2.05) is 6.08 Å². The molecule has 2 spiro atoms. The average Bonchev–Trinajstić information content (AvgIpc) is 3.23. The number of allylic oxidation sites excluding steroid dienone is 1. The zero-order valence-corrected chi connectivity index (χ0v) is 21.7. The number of aliphatic hydroxyl groups is 2. The highest BCUT2D eigenvalue weighted by Gasteiger charge is 2.84. The molecule has 1 aliphatic heterocycles. The number of rotatable bonds is 5. The first-order valence-electron chi connectivity index (χ1n) is 14.0. The van der Waals surface area contributed by atoms with Crippen LogP contribution in [0.25, 0.3) is 0 Å². The summed E-state index contributed by atoms with van der Waals surface area (Å²) < 4.78 is 0. The first-order valence-corrected chi connectivity index (χ1v) is 14.0. The molecule has 1 saturated heterocycles. The van der Waals surface area contributed by atoms with Gasteiger partial charge in [-0.1, -0.05) is 24.1 Å². The standard InChI is InChI=1S/C28H40N4O5/c1-30-24(29)32-12-10-25(15-31-11-13-33)9-8-20-27-17-4-2-3-5-21(34)28(20,37)22(23(35)36)19(27)14-18(7-6-17)26(25,27)16-32/h8-9,17-18,20,31,33,37H,2-7,10-16H2,1H3,(H2,29,30)(H,35,36). The molecule has 37 heavy (non-hydrogen) atoms. The second-order valence-electron chi connectivity index (χ2n) is 12.4. The molecule has 0 aromatic heterocycles. The van der Waals surface area contributed by atoms with Crippen LogP contribution >= 0.6 is 0 Å². The number of ketones is 1. The molecule has 3 bridgehead atoms. The summed E-state index contributed by atoms with van der Waals surface area (Å²) in [7, 11) is 1.71. The molecule has 1 heterocycles. The molecule has 5 aliphatic carbocycles. The fourth-order valence-electron chi connectivity index (χ4n) is 10.5. The number of Topliss-reactive ketones (excluding diaryl/α,β-unsaturated/α-hetero) is 1. The Morgan fingerprint density at radius 1 is 1.30 bits per heavy atom. The lowest BCUT2D eigenvalue weighted by molar-refractivity contribution is -0.831. The number of nitrogens with two attached hydrogens (primary N) is 1. The van der Waals surface area contributed by atoms with E-state index in [0.29, 0.717) is 38.4 Å². The van der Waals surface area contributed by atoms with Gasteiger partial charge in [0.05, 0.1) is 25.7 Å². The maximum atomic E-state index is 13.7. The Bertz CT molecular complexity index is 1120. The third-order valence-electron chi connectivity index (χ3n) is 11.5. The molecule has 202 valence electrons. The van der Waals surface area contributed by atoms with Gasteiger partial charge in [0.25, 0.3) is 5.96 Å². The topological polar surface area (TPSA) is 153 Å². The maximum absolute atomic E-state index is 13.7. The summed E-state index contributed by atoms with van der Waals surface area (Å²) in [5.41, 5.74) is 3.68. The summed E-state index contributed by atoms with van der Waals surface area (Å²) in [6.07, 6.45) is 10.2. The van der Waals surface area contributed by atoms with Gasteiger partial charge in [-0.3, -0.25) is 9.69 Å². The van der Waals surface area contributed by atoms with Gasteiger partial charge in [0.2, 0.25) is 0 Å². The van der Waals surface area contributed by atoms with E-state index in [1.54, 1.807) is 7.05 Å². The summed E-state index contributed by atoms with van der Waals surface area (Å²) in [5, 5.41) is 38.2. The number of nitrogens with zero attached hydrogens (tertiary/aromatic N) is 1. The number of hydrogen-bond acceptors (Lipinski definition) is 7. The molecule has 0 amide bonds. The molecule has 0 aromatic carbocycles. The van der Waals surface area contributed by atoms with Crippen molar-refractivity contribution in [1.82, 2.24) is 5.32 Å². The number of aliphatic carboxylic acids is 1. The zero-order chi connectivity index (χ0) is 26.2. The van der Waals surface area contributed by atoms with Crippen molar-refractivity contribution in [2.75, 3.05) is 39.8 Å². The van der Waals surface area contributed by atoms with E-state index < -0.39 is 28.3 Å². The minimum Gasteiger partial charge on any atom is -0.545 e. The largest absolute Gasteiger partial charge is 0.545 e. The summed E-state index contributed by atoms with van der Waals surface area (Å²) in [5.74, 6) is -1.47. The van der Waals surface area contributed by atoms with E-state index in [1.165, 1.54) is 0 Å². The van der Waals surface area contributed by atoms with Crippen molar-refractivity contribution in [1.29, 1.82) is 0 Å². The van der Waals surface area contributed by atoms with Crippen LogP contribution in [0, 0.1) is 34.0 Å². The Labute approximate surface area is 217 Å². The van der Waals surface area contributed by atoms with Gasteiger partial charge in [-0.25, -0.2) is 4.99 Å². The Morgan fingerprint density at radius 2 is 2.08 bits per heavy atom. The molecule has 8 unspecified atom stereocenters. The lowest BCUT2D eigenvalue weighted by Crippen LogP contribution is -3.19. The van der Waals surface area contributed by atoms with Crippen molar-refractivity contribution in [3.8, 4) is 0 Å². The smallest absolute Gasteiger partial charge is 0.293 e. The Kier molecular flexibility index (Phi) is 5.77. The highest BCUT2D eigenvalue weighted by molar-refractivity contribution is 6.04. The second-order valence-corrected chi connectivity index (χ2v) is 12.4. The Hall–Kier alpha value is -2.07. The number of carboxylic acid groups (broad SMARTS) is 1. The van der Waals surface area contributed by atoms with E-state index in [2.05, 4.69) is 16.4 Å². The summed E-state index contributed by atoms with van der Waals surface area (Å²) in [6.45, 7) is 2.64. The molecule has 3 saturated carbocycles. The van der Waals surface area contributed by atoms with Crippen molar-refractivity contribution in [3.63, 3.8) is 0 Å². The lowest BCUT2D eigenvalue weighted by Gasteiger charge is -2.68. The maximum Gasteiger partial charge on any atom is 0.293 e. The third kappa shape index (κ3) is 2.81. The molecule has 0 aromatic rings. The SMILES string of the molecule is CN=C(N)[NH+]1CCC2(CNCCO)C=CC3C4(O)C(=O)CCCCC5CCC6CC(=C4C(=O)[O-])C53C62C1. The van der Waals surface area contributed by atoms with Crippen LogP contribution in [0.1, 0.15) is 51.4 Å². The third-order valence-corrected chi connectivity index (χ3v) is 11.5. The van der Waals surface area contributed by atoms with E-state index in [9.17, 15) is 24.9 Å². The highest BCUT2D eigenvalue weighted by Crippen LogP contribution is 2.83. The number of guanidine groups is 1. The highest BCUT2D eigenvalue weighted by atomic mass is 16.4. The summed E-state index contributed by atoms with van der Waals surface area (Å²) in [4.78, 5) is 32.0. The fraction of sp³-hybridized carbons (Fsp3) is 0.750. The van der Waals surface area contributed by atoms with Crippen LogP contribution in [0.15, 0.2) is 28.3 Å². The Balaban J connectivity index is 1.68. The predicted octanol–water partition coefficient (Wildman–Crippen LogP) is -1.69. The number of carbonyl (C=O) groups is 2. The quantitative estimate of drug-likeness (QED) is 0.128. The number of carboxylic acids is 1. The van der Waals surface area contributed by atoms with Gasteiger partial charge < -0.3 is 31.2 Å². The second kappa shape index (κ2) is 8.46.